The zero-order valence-corrected chi connectivity index (χ0v) is 11.0. The standard InChI is InChI=1S/C11H14N4O2S/c1-8(7-18-2)6-13-11-4-3-10(15(16)17)9(5-12)14-11/h3-4,8H,6-7H2,1-2H3,(H,13,14). The zero-order chi connectivity index (χ0) is 13.5. The van der Waals surface area contributed by atoms with Gasteiger partial charge in [-0.3, -0.25) is 10.1 Å². The van der Waals surface area contributed by atoms with Crippen molar-refractivity contribution in [1.82, 2.24) is 4.98 Å². The fraction of sp³-hybridized carbons (Fsp3) is 0.455. The van der Waals surface area contributed by atoms with Gasteiger partial charge in [-0.15, -0.1) is 0 Å². The second-order valence-electron chi connectivity index (χ2n) is 3.87. The lowest BCUT2D eigenvalue weighted by Crippen LogP contribution is -2.14. The third kappa shape index (κ3) is 3.89. The monoisotopic (exact) mass is 266 g/mol. The highest BCUT2D eigenvalue weighted by Gasteiger charge is 2.15. The van der Waals surface area contributed by atoms with Gasteiger partial charge in [0, 0.05) is 12.6 Å². The van der Waals surface area contributed by atoms with Crippen molar-refractivity contribution in [3.8, 4) is 6.07 Å². The molecule has 0 radical (unpaired) electrons. The number of pyridine rings is 1. The van der Waals surface area contributed by atoms with Gasteiger partial charge in [-0.25, -0.2) is 4.98 Å². The average molecular weight is 266 g/mol. The first-order valence-corrected chi connectivity index (χ1v) is 6.76. The second-order valence-corrected chi connectivity index (χ2v) is 4.79. The highest BCUT2D eigenvalue weighted by Crippen LogP contribution is 2.18. The maximum absolute atomic E-state index is 10.6. The Labute approximate surface area is 110 Å². The quantitative estimate of drug-likeness (QED) is 0.627. The predicted octanol–water partition coefficient (Wildman–Crippen LogP) is 2.27. The molecular formula is C11H14N4O2S. The lowest BCUT2D eigenvalue weighted by Gasteiger charge is -2.11. The minimum atomic E-state index is -0.605. The fourth-order valence-corrected chi connectivity index (χ4v) is 2.09. The summed E-state index contributed by atoms with van der Waals surface area (Å²) in [5.41, 5.74) is -0.428. The number of thioether (sulfide) groups is 1. The Kier molecular flexibility index (Phi) is 5.39. The van der Waals surface area contributed by atoms with E-state index in [0.717, 1.165) is 12.3 Å². The van der Waals surface area contributed by atoms with Crippen molar-refractivity contribution in [1.29, 1.82) is 5.26 Å². The van der Waals surface area contributed by atoms with Gasteiger partial charge in [-0.2, -0.15) is 17.0 Å². The molecule has 0 aliphatic rings. The van der Waals surface area contributed by atoms with Crippen molar-refractivity contribution >= 4 is 23.3 Å². The molecule has 6 nitrogen and oxygen atoms in total. The lowest BCUT2D eigenvalue weighted by atomic mass is 10.2. The number of hydrogen-bond acceptors (Lipinski definition) is 6. The molecule has 18 heavy (non-hydrogen) atoms. The van der Waals surface area contributed by atoms with Crippen LogP contribution >= 0.6 is 11.8 Å². The predicted molar refractivity (Wildman–Crippen MR) is 71.6 cm³/mol. The Morgan fingerprint density at radius 2 is 2.39 bits per heavy atom. The molecule has 0 aliphatic heterocycles. The molecule has 0 saturated heterocycles. The van der Waals surface area contributed by atoms with Crippen LogP contribution in [0.2, 0.25) is 0 Å². The maximum atomic E-state index is 10.6. The molecule has 1 unspecified atom stereocenters. The SMILES string of the molecule is CSCC(C)CNc1ccc([N+](=O)[O-])c(C#N)n1. The van der Waals surface area contributed by atoms with Crippen molar-refractivity contribution in [3.63, 3.8) is 0 Å². The van der Waals surface area contributed by atoms with Gasteiger partial charge in [0.05, 0.1) is 4.92 Å². The van der Waals surface area contributed by atoms with Gasteiger partial charge >= 0.3 is 5.69 Å². The van der Waals surface area contributed by atoms with E-state index in [1.54, 1.807) is 17.8 Å². The Hall–Kier alpha value is -1.81. The second kappa shape index (κ2) is 6.81. The smallest absolute Gasteiger partial charge is 0.305 e. The van der Waals surface area contributed by atoms with Crippen molar-refractivity contribution in [2.45, 2.75) is 6.92 Å². The molecule has 1 heterocycles. The molecule has 96 valence electrons. The third-order valence-corrected chi connectivity index (χ3v) is 3.16. The number of anilines is 1. The number of nitrogens with one attached hydrogen (secondary N) is 1. The van der Waals surface area contributed by atoms with Crippen LogP contribution in [-0.4, -0.2) is 28.5 Å². The molecule has 1 aromatic heterocycles. The van der Waals surface area contributed by atoms with Crippen LogP contribution in [0.1, 0.15) is 12.6 Å². The third-order valence-electron chi connectivity index (χ3n) is 2.26. The summed E-state index contributed by atoms with van der Waals surface area (Å²) in [7, 11) is 0. The van der Waals surface area contributed by atoms with Gasteiger partial charge in [0.15, 0.2) is 0 Å². The number of aromatic nitrogens is 1. The molecular weight excluding hydrogens is 252 g/mol. The van der Waals surface area contributed by atoms with Crippen LogP contribution in [0.4, 0.5) is 11.5 Å². The molecule has 1 rings (SSSR count). The molecule has 1 atom stereocenters. The molecule has 0 spiro atoms. The topological polar surface area (TPSA) is 91.9 Å². The first kappa shape index (κ1) is 14.3. The lowest BCUT2D eigenvalue weighted by molar-refractivity contribution is -0.385. The average Bonchev–Trinajstić information content (AvgIpc) is 2.36. The van der Waals surface area contributed by atoms with Crippen LogP contribution in [-0.2, 0) is 0 Å². The molecule has 0 amide bonds. The van der Waals surface area contributed by atoms with Crippen LogP contribution in [0.15, 0.2) is 12.1 Å². The van der Waals surface area contributed by atoms with Gasteiger partial charge < -0.3 is 5.32 Å². The van der Waals surface area contributed by atoms with Crippen LogP contribution < -0.4 is 5.32 Å². The minimum Gasteiger partial charge on any atom is -0.370 e. The molecule has 0 fully saturated rings. The van der Waals surface area contributed by atoms with E-state index in [0.29, 0.717) is 11.7 Å². The number of nitro groups is 1. The summed E-state index contributed by atoms with van der Waals surface area (Å²) < 4.78 is 0. The van der Waals surface area contributed by atoms with E-state index in [4.69, 9.17) is 5.26 Å². The van der Waals surface area contributed by atoms with Crippen LogP contribution in [0.25, 0.3) is 0 Å². The summed E-state index contributed by atoms with van der Waals surface area (Å²) in [5, 5.41) is 22.5. The number of rotatable bonds is 6. The van der Waals surface area contributed by atoms with E-state index in [-0.39, 0.29) is 11.4 Å². The summed E-state index contributed by atoms with van der Waals surface area (Å²) in [6, 6.07) is 4.55. The molecule has 7 heteroatoms. The maximum Gasteiger partial charge on any atom is 0.305 e. The zero-order valence-electron chi connectivity index (χ0n) is 10.2. The molecule has 0 saturated carbocycles. The first-order valence-electron chi connectivity index (χ1n) is 5.36. The highest BCUT2D eigenvalue weighted by molar-refractivity contribution is 7.98. The molecule has 1 aromatic rings. The van der Waals surface area contributed by atoms with Crippen molar-refractivity contribution in [2.75, 3.05) is 23.9 Å². The van der Waals surface area contributed by atoms with Crippen LogP contribution in [0.5, 0.6) is 0 Å². The summed E-state index contributed by atoms with van der Waals surface area (Å²) >= 11 is 1.76. The summed E-state index contributed by atoms with van der Waals surface area (Å²) in [5.74, 6) is 1.97. The van der Waals surface area contributed by atoms with Gasteiger partial charge in [-0.1, -0.05) is 6.92 Å². The normalized spacial score (nSPS) is 11.6. The molecule has 0 bridgehead atoms. The summed E-state index contributed by atoms with van der Waals surface area (Å²) in [6.07, 6.45) is 2.04. The largest absolute Gasteiger partial charge is 0.370 e. The van der Waals surface area contributed by atoms with E-state index < -0.39 is 4.92 Å². The van der Waals surface area contributed by atoms with Gasteiger partial charge in [0.1, 0.15) is 11.9 Å². The van der Waals surface area contributed by atoms with Crippen molar-refractivity contribution < 1.29 is 4.92 Å². The molecule has 0 aliphatic carbocycles. The van der Waals surface area contributed by atoms with E-state index >= 15 is 0 Å². The Morgan fingerprint density at radius 3 is 2.94 bits per heavy atom. The minimum absolute atomic E-state index is 0.164. The Balaban J connectivity index is 2.75. The molecule has 1 N–H and O–H groups in total. The molecule has 0 aromatic carbocycles. The number of nitrogens with zero attached hydrogens (tertiary/aromatic N) is 3. The van der Waals surface area contributed by atoms with E-state index in [1.807, 2.05) is 6.26 Å². The number of nitriles is 1. The highest BCUT2D eigenvalue weighted by atomic mass is 32.2. The number of hydrogen-bond donors (Lipinski definition) is 1. The Bertz CT molecular complexity index is 473. The van der Waals surface area contributed by atoms with E-state index in [9.17, 15) is 10.1 Å². The van der Waals surface area contributed by atoms with Gasteiger partial charge in [-0.05, 0) is 24.0 Å². The fourth-order valence-electron chi connectivity index (χ4n) is 1.40. The van der Waals surface area contributed by atoms with Crippen LogP contribution in [0.3, 0.4) is 0 Å². The summed E-state index contributed by atoms with van der Waals surface area (Å²) in [6.45, 7) is 2.82. The van der Waals surface area contributed by atoms with Gasteiger partial charge in [0.2, 0.25) is 5.69 Å². The van der Waals surface area contributed by atoms with Crippen LogP contribution in [0, 0.1) is 27.4 Å². The van der Waals surface area contributed by atoms with E-state index in [2.05, 4.69) is 17.2 Å². The Morgan fingerprint density at radius 1 is 1.67 bits per heavy atom. The summed E-state index contributed by atoms with van der Waals surface area (Å²) in [4.78, 5) is 14.0. The van der Waals surface area contributed by atoms with Crippen molar-refractivity contribution in [2.24, 2.45) is 5.92 Å². The first-order chi connectivity index (χ1) is 8.58. The van der Waals surface area contributed by atoms with Crippen molar-refractivity contribution in [3.05, 3.63) is 27.9 Å². The van der Waals surface area contributed by atoms with E-state index in [1.165, 1.54) is 12.1 Å². The van der Waals surface area contributed by atoms with Gasteiger partial charge in [0.25, 0.3) is 0 Å².